The van der Waals surface area contributed by atoms with E-state index < -0.39 is 5.97 Å². The lowest BCUT2D eigenvalue weighted by atomic mass is 10.1. The van der Waals surface area contributed by atoms with Gasteiger partial charge in [0.2, 0.25) is 0 Å². The molecule has 0 aliphatic carbocycles. The van der Waals surface area contributed by atoms with Crippen LogP contribution in [0.4, 0.5) is 0 Å². The van der Waals surface area contributed by atoms with Crippen LogP contribution in [0.15, 0.2) is 85.1 Å². The second-order valence-corrected chi connectivity index (χ2v) is 6.30. The number of aromatic carboxylic acids is 1. The topological polar surface area (TPSA) is 84.4 Å². The Hall–Kier alpha value is -4.06. The highest BCUT2D eigenvalue weighted by atomic mass is 16.5. The van der Waals surface area contributed by atoms with Gasteiger partial charge in [0.05, 0.1) is 17.5 Å². The monoisotopic (exact) mass is 386 g/mol. The largest absolute Gasteiger partial charge is 0.486 e. The molecule has 144 valence electrons. The van der Waals surface area contributed by atoms with Crippen molar-refractivity contribution in [2.45, 2.75) is 6.61 Å². The van der Waals surface area contributed by atoms with E-state index in [-0.39, 0.29) is 5.56 Å². The van der Waals surface area contributed by atoms with Crippen LogP contribution in [0.1, 0.15) is 16.2 Å². The number of ether oxygens (including phenoxy) is 2. The highest BCUT2D eigenvalue weighted by Crippen LogP contribution is 2.25. The molecule has 0 spiro atoms. The molecule has 29 heavy (non-hydrogen) atoms. The number of hydrogen-bond donors (Lipinski definition) is 2. The summed E-state index contributed by atoms with van der Waals surface area (Å²) in [7, 11) is 0. The highest BCUT2D eigenvalue weighted by Gasteiger charge is 2.06. The first-order chi connectivity index (χ1) is 14.2. The van der Waals surface area contributed by atoms with Crippen LogP contribution in [-0.4, -0.2) is 21.0 Å². The Labute approximate surface area is 167 Å². The Morgan fingerprint density at radius 3 is 2.17 bits per heavy atom. The average molecular weight is 386 g/mol. The zero-order valence-electron chi connectivity index (χ0n) is 15.4. The summed E-state index contributed by atoms with van der Waals surface area (Å²) in [4.78, 5) is 18.5. The fourth-order valence-electron chi connectivity index (χ4n) is 2.76. The van der Waals surface area contributed by atoms with E-state index in [1.165, 1.54) is 12.1 Å². The van der Waals surface area contributed by atoms with Gasteiger partial charge in [0, 0.05) is 0 Å². The maximum atomic E-state index is 10.9. The number of carbonyl (C=O) groups is 1. The second-order valence-electron chi connectivity index (χ2n) is 6.30. The van der Waals surface area contributed by atoms with E-state index in [1.54, 1.807) is 18.3 Å². The lowest BCUT2D eigenvalue weighted by Gasteiger charge is -2.07. The Kier molecular flexibility index (Phi) is 5.25. The summed E-state index contributed by atoms with van der Waals surface area (Å²) in [5.41, 5.74) is 2.07. The zero-order chi connectivity index (χ0) is 20.1. The standard InChI is InChI=1S/C23H18N2O4/c26-23(27)17-8-12-20(13-9-17)29-19-10-6-16(7-11-19)21-14-24-22(25-21)15-28-18-4-2-1-3-5-18/h1-14H,15H2,(H,24,25)(H,26,27). The maximum absolute atomic E-state index is 10.9. The molecule has 0 saturated heterocycles. The highest BCUT2D eigenvalue weighted by molar-refractivity contribution is 5.87. The number of hydrogen-bond acceptors (Lipinski definition) is 4. The molecule has 1 aromatic heterocycles. The van der Waals surface area contributed by atoms with E-state index in [4.69, 9.17) is 14.6 Å². The van der Waals surface area contributed by atoms with Crippen molar-refractivity contribution >= 4 is 5.97 Å². The molecule has 0 atom stereocenters. The molecule has 3 aromatic carbocycles. The smallest absolute Gasteiger partial charge is 0.335 e. The van der Waals surface area contributed by atoms with E-state index >= 15 is 0 Å². The molecule has 0 bridgehead atoms. The lowest BCUT2D eigenvalue weighted by Crippen LogP contribution is -1.97. The number of para-hydroxylation sites is 1. The third-order valence-corrected chi connectivity index (χ3v) is 4.25. The molecule has 2 N–H and O–H groups in total. The lowest BCUT2D eigenvalue weighted by molar-refractivity contribution is 0.0697. The van der Waals surface area contributed by atoms with E-state index in [1.807, 2.05) is 54.6 Å². The Morgan fingerprint density at radius 1 is 0.862 bits per heavy atom. The Bertz CT molecular complexity index is 1090. The Morgan fingerprint density at radius 2 is 1.52 bits per heavy atom. The molecular weight excluding hydrogens is 368 g/mol. The van der Waals surface area contributed by atoms with Crippen molar-refractivity contribution in [2.75, 3.05) is 0 Å². The summed E-state index contributed by atoms with van der Waals surface area (Å²) < 4.78 is 11.5. The molecule has 0 aliphatic rings. The Balaban J connectivity index is 1.39. The van der Waals surface area contributed by atoms with Crippen LogP contribution in [0.3, 0.4) is 0 Å². The number of benzene rings is 3. The van der Waals surface area contributed by atoms with Gasteiger partial charge < -0.3 is 19.6 Å². The van der Waals surface area contributed by atoms with Crippen molar-refractivity contribution < 1.29 is 19.4 Å². The van der Waals surface area contributed by atoms with E-state index in [0.29, 0.717) is 18.1 Å². The van der Waals surface area contributed by atoms with Gasteiger partial charge in [-0.15, -0.1) is 0 Å². The number of nitrogens with one attached hydrogen (secondary N) is 1. The summed E-state index contributed by atoms with van der Waals surface area (Å²) in [5.74, 6) is 1.80. The minimum Gasteiger partial charge on any atom is -0.486 e. The number of nitrogens with zero attached hydrogens (tertiary/aromatic N) is 1. The van der Waals surface area contributed by atoms with Crippen LogP contribution in [0.5, 0.6) is 17.2 Å². The van der Waals surface area contributed by atoms with Gasteiger partial charge in [0.1, 0.15) is 29.7 Å². The number of carboxylic acids is 1. The summed E-state index contributed by atoms with van der Waals surface area (Å²) in [6.45, 7) is 0.359. The normalized spacial score (nSPS) is 10.5. The number of imidazole rings is 1. The maximum Gasteiger partial charge on any atom is 0.335 e. The molecule has 0 aliphatic heterocycles. The first-order valence-corrected chi connectivity index (χ1v) is 9.01. The minimum absolute atomic E-state index is 0.221. The minimum atomic E-state index is -0.964. The molecular formula is C23H18N2O4. The van der Waals surface area contributed by atoms with Gasteiger partial charge in [-0.25, -0.2) is 9.78 Å². The van der Waals surface area contributed by atoms with Crippen molar-refractivity contribution in [2.24, 2.45) is 0 Å². The predicted octanol–water partition coefficient (Wildman–Crippen LogP) is 5.15. The number of aromatic nitrogens is 2. The van der Waals surface area contributed by atoms with E-state index in [9.17, 15) is 4.79 Å². The summed E-state index contributed by atoms with van der Waals surface area (Å²) in [6.07, 6.45) is 1.77. The van der Waals surface area contributed by atoms with Crippen molar-refractivity contribution in [1.82, 2.24) is 9.97 Å². The first-order valence-electron chi connectivity index (χ1n) is 9.01. The van der Waals surface area contributed by atoms with Crippen LogP contribution in [0.25, 0.3) is 11.3 Å². The molecule has 0 unspecified atom stereocenters. The van der Waals surface area contributed by atoms with Crippen molar-refractivity contribution in [3.8, 4) is 28.5 Å². The summed E-state index contributed by atoms with van der Waals surface area (Å²) >= 11 is 0. The van der Waals surface area contributed by atoms with Crippen LogP contribution in [0, 0.1) is 0 Å². The fraction of sp³-hybridized carbons (Fsp3) is 0.0435. The molecule has 4 rings (SSSR count). The molecule has 0 radical (unpaired) electrons. The van der Waals surface area contributed by atoms with Crippen LogP contribution < -0.4 is 9.47 Å². The van der Waals surface area contributed by atoms with Crippen LogP contribution >= 0.6 is 0 Å². The number of H-pyrrole nitrogens is 1. The third-order valence-electron chi connectivity index (χ3n) is 4.25. The molecule has 6 nitrogen and oxygen atoms in total. The van der Waals surface area contributed by atoms with Crippen molar-refractivity contribution in [1.29, 1.82) is 0 Å². The van der Waals surface area contributed by atoms with Crippen molar-refractivity contribution in [3.63, 3.8) is 0 Å². The average Bonchev–Trinajstić information content (AvgIpc) is 3.23. The predicted molar refractivity (Wildman–Crippen MR) is 108 cm³/mol. The van der Waals surface area contributed by atoms with Gasteiger partial charge in [-0.3, -0.25) is 0 Å². The van der Waals surface area contributed by atoms with E-state index in [2.05, 4.69) is 9.97 Å². The van der Waals surface area contributed by atoms with Crippen molar-refractivity contribution in [3.05, 3.63) is 96.4 Å². The number of carboxylic acid groups (broad SMARTS) is 1. The second kappa shape index (κ2) is 8.31. The molecule has 0 fully saturated rings. The quantitative estimate of drug-likeness (QED) is 0.459. The fourth-order valence-corrected chi connectivity index (χ4v) is 2.76. The van der Waals surface area contributed by atoms with Crippen LogP contribution in [0.2, 0.25) is 0 Å². The van der Waals surface area contributed by atoms with Gasteiger partial charge in [0.25, 0.3) is 0 Å². The third kappa shape index (κ3) is 4.62. The van der Waals surface area contributed by atoms with E-state index in [0.717, 1.165) is 22.8 Å². The SMILES string of the molecule is O=C(O)c1ccc(Oc2ccc(-c3cnc(COc4ccccc4)[nH]3)cc2)cc1. The molecule has 6 heteroatoms. The van der Waals surface area contributed by atoms with Gasteiger partial charge in [0.15, 0.2) is 0 Å². The van der Waals surface area contributed by atoms with Crippen LogP contribution in [-0.2, 0) is 6.61 Å². The molecule has 1 heterocycles. The zero-order valence-corrected chi connectivity index (χ0v) is 15.4. The number of aromatic amines is 1. The van der Waals surface area contributed by atoms with Gasteiger partial charge in [-0.1, -0.05) is 18.2 Å². The summed E-state index contributed by atoms with van der Waals surface area (Å²) in [6, 6.07) is 23.4. The summed E-state index contributed by atoms with van der Waals surface area (Å²) in [5, 5.41) is 8.94. The first kappa shape index (κ1) is 18.3. The molecule has 0 amide bonds. The number of rotatable bonds is 7. The molecule has 4 aromatic rings. The molecule has 0 saturated carbocycles. The van der Waals surface area contributed by atoms with Gasteiger partial charge in [-0.2, -0.15) is 0 Å². The van der Waals surface area contributed by atoms with Gasteiger partial charge in [-0.05, 0) is 66.2 Å². The van der Waals surface area contributed by atoms with Gasteiger partial charge >= 0.3 is 5.97 Å².